The summed E-state index contributed by atoms with van der Waals surface area (Å²) in [7, 11) is 0. The predicted octanol–water partition coefficient (Wildman–Crippen LogP) is 0.924. The maximum Gasteiger partial charge on any atom is 0.308 e. The molecule has 28 heavy (non-hydrogen) atoms. The van der Waals surface area contributed by atoms with E-state index in [1.54, 1.807) is 0 Å². The molecule has 0 aromatic carbocycles. The Labute approximate surface area is 164 Å². The first-order valence-electron chi connectivity index (χ1n) is 10.5. The Morgan fingerprint density at radius 2 is 1.93 bits per heavy atom. The highest BCUT2D eigenvalue weighted by molar-refractivity contribution is 5.89. The molecule has 3 saturated carbocycles. The lowest BCUT2D eigenvalue weighted by Gasteiger charge is -2.60. The van der Waals surface area contributed by atoms with E-state index in [1.165, 1.54) is 0 Å². The van der Waals surface area contributed by atoms with E-state index in [9.17, 15) is 24.9 Å². The third-order valence-corrected chi connectivity index (χ3v) is 9.49. The number of hydrogen-bond donors (Lipinski definition) is 3. The van der Waals surface area contributed by atoms with Gasteiger partial charge in [0.05, 0.1) is 6.10 Å². The fourth-order valence-corrected chi connectivity index (χ4v) is 7.97. The number of rotatable bonds is 2. The van der Waals surface area contributed by atoms with Crippen LogP contribution in [0.4, 0.5) is 0 Å². The highest BCUT2D eigenvalue weighted by Gasteiger charge is 2.78. The van der Waals surface area contributed by atoms with E-state index in [1.807, 2.05) is 6.92 Å². The lowest BCUT2D eigenvalue weighted by Crippen LogP contribution is -2.64. The van der Waals surface area contributed by atoms with Crippen molar-refractivity contribution < 1.29 is 34.4 Å². The number of aliphatic hydroxyl groups is 3. The van der Waals surface area contributed by atoms with Crippen LogP contribution < -0.4 is 0 Å². The summed E-state index contributed by atoms with van der Waals surface area (Å²) in [4.78, 5) is 24.4. The van der Waals surface area contributed by atoms with Crippen molar-refractivity contribution in [3.05, 3.63) is 0 Å². The number of hydrogen-bond acceptors (Lipinski definition) is 7. The SMILES string of the molecule is C[C@]12C[C@H](O)[C@H]3[C@@H](CC[C@@]45O[C@@H]4OC(=O)CC[C@]35C)[C@@H]1CC[C@@]2(O)C(=O)CO. The number of fused-ring (bicyclic) bond motifs is 4. The van der Waals surface area contributed by atoms with E-state index in [4.69, 9.17) is 9.47 Å². The molecule has 0 bridgehead atoms. The number of carbonyl (C=O) groups is 2. The van der Waals surface area contributed by atoms with Gasteiger partial charge in [0.15, 0.2) is 5.78 Å². The molecule has 1 spiro atoms. The van der Waals surface area contributed by atoms with Gasteiger partial charge in [-0.05, 0) is 56.3 Å². The van der Waals surface area contributed by atoms with Crippen LogP contribution in [0, 0.1) is 28.6 Å². The molecule has 0 aromatic heterocycles. The molecule has 3 N–H and O–H groups in total. The summed E-state index contributed by atoms with van der Waals surface area (Å²) < 4.78 is 11.4. The minimum absolute atomic E-state index is 0.0644. The van der Waals surface area contributed by atoms with Gasteiger partial charge in [-0.25, -0.2) is 0 Å². The standard InChI is InChI=1S/C21H30O7/c1-18-6-5-15(25)27-17-21(18,28-17)8-3-11-12-4-7-20(26,14(24)10-22)19(12,2)9-13(23)16(11)18/h11-13,16-17,22-23,26H,3-10H2,1-2H3/t11-,12-,13-,16+,17-,18+,19-,20+,21+/m0/s1. The van der Waals surface area contributed by atoms with Gasteiger partial charge in [-0.1, -0.05) is 13.8 Å². The van der Waals surface area contributed by atoms with Crippen molar-refractivity contribution in [1.29, 1.82) is 0 Å². The van der Waals surface area contributed by atoms with Crippen LogP contribution in [0.15, 0.2) is 0 Å². The zero-order valence-corrected chi connectivity index (χ0v) is 16.5. The molecule has 156 valence electrons. The van der Waals surface area contributed by atoms with Crippen molar-refractivity contribution in [3.63, 3.8) is 0 Å². The van der Waals surface area contributed by atoms with Crippen molar-refractivity contribution >= 4 is 11.8 Å². The fourth-order valence-electron chi connectivity index (χ4n) is 7.97. The topological polar surface area (TPSA) is 117 Å². The zero-order valence-electron chi connectivity index (χ0n) is 16.5. The van der Waals surface area contributed by atoms with Crippen LogP contribution in [0.25, 0.3) is 0 Å². The Balaban J connectivity index is 1.54. The molecule has 5 aliphatic rings. The van der Waals surface area contributed by atoms with E-state index in [0.717, 1.165) is 12.8 Å². The number of ether oxygens (including phenoxy) is 2. The summed E-state index contributed by atoms with van der Waals surface area (Å²) in [5.74, 6) is -0.616. The highest BCUT2D eigenvalue weighted by Crippen LogP contribution is 2.72. The molecule has 0 aromatic rings. The average molecular weight is 394 g/mol. The second-order valence-electron chi connectivity index (χ2n) is 10.3. The molecule has 0 unspecified atom stereocenters. The van der Waals surface area contributed by atoms with Crippen LogP contribution in [-0.2, 0) is 19.1 Å². The molecular formula is C21H30O7. The molecule has 0 amide bonds. The van der Waals surface area contributed by atoms with Gasteiger partial charge in [0, 0.05) is 17.3 Å². The first-order valence-corrected chi connectivity index (χ1v) is 10.5. The Hall–Kier alpha value is -1.02. The molecular weight excluding hydrogens is 364 g/mol. The maximum absolute atomic E-state index is 12.4. The molecule has 7 nitrogen and oxygen atoms in total. The zero-order chi connectivity index (χ0) is 20.1. The van der Waals surface area contributed by atoms with Crippen LogP contribution in [-0.4, -0.2) is 57.3 Å². The van der Waals surface area contributed by atoms with Crippen molar-refractivity contribution in [3.8, 4) is 0 Å². The quantitative estimate of drug-likeness (QED) is 0.471. The molecule has 3 aliphatic carbocycles. The highest BCUT2D eigenvalue weighted by atomic mass is 16.8. The van der Waals surface area contributed by atoms with Crippen molar-refractivity contribution in [2.24, 2.45) is 28.6 Å². The number of Topliss-reactive ketones (excluding diaryl/α,β-unsaturated/α-hetero) is 1. The van der Waals surface area contributed by atoms with Gasteiger partial charge in [0.1, 0.15) is 17.8 Å². The third-order valence-electron chi connectivity index (χ3n) is 9.49. The van der Waals surface area contributed by atoms with Crippen LogP contribution >= 0.6 is 0 Å². The van der Waals surface area contributed by atoms with E-state index in [0.29, 0.717) is 32.1 Å². The molecule has 5 fully saturated rings. The molecule has 5 rings (SSSR count). The lowest BCUT2D eigenvalue weighted by molar-refractivity contribution is -0.197. The van der Waals surface area contributed by atoms with Gasteiger partial charge in [-0.2, -0.15) is 0 Å². The van der Waals surface area contributed by atoms with Crippen molar-refractivity contribution in [2.75, 3.05) is 6.61 Å². The first-order chi connectivity index (χ1) is 13.1. The molecule has 9 atom stereocenters. The largest absolute Gasteiger partial charge is 0.432 e. The van der Waals surface area contributed by atoms with Crippen LogP contribution in [0.2, 0.25) is 0 Å². The minimum Gasteiger partial charge on any atom is -0.432 e. The molecule has 2 heterocycles. The van der Waals surface area contributed by atoms with Gasteiger partial charge in [0.2, 0.25) is 6.29 Å². The molecule has 2 aliphatic heterocycles. The number of carbonyl (C=O) groups excluding carboxylic acids is 2. The molecule has 0 radical (unpaired) electrons. The van der Waals surface area contributed by atoms with Gasteiger partial charge in [-0.15, -0.1) is 0 Å². The fraction of sp³-hybridized carbons (Fsp3) is 0.905. The van der Waals surface area contributed by atoms with Crippen molar-refractivity contribution in [2.45, 2.75) is 82.4 Å². The number of aliphatic hydroxyl groups excluding tert-OH is 2. The van der Waals surface area contributed by atoms with E-state index >= 15 is 0 Å². The second kappa shape index (κ2) is 5.56. The summed E-state index contributed by atoms with van der Waals surface area (Å²) >= 11 is 0. The summed E-state index contributed by atoms with van der Waals surface area (Å²) in [6, 6.07) is 0. The average Bonchev–Trinajstić information content (AvgIpc) is 3.28. The predicted molar refractivity (Wildman–Crippen MR) is 95.7 cm³/mol. The van der Waals surface area contributed by atoms with Gasteiger partial charge < -0.3 is 24.8 Å². The maximum atomic E-state index is 12.4. The summed E-state index contributed by atoms with van der Waals surface area (Å²) in [6.45, 7) is 3.34. The Morgan fingerprint density at radius 1 is 1.18 bits per heavy atom. The molecule has 7 heteroatoms. The van der Waals surface area contributed by atoms with Gasteiger partial charge in [0.25, 0.3) is 0 Å². The van der Waals surface area contributed by atoms with Crippen LogP contribution in [0.3, 0.4) is 0 Å². The van der Waals surface area contributed by atoms with E-state index < -0.39 is 41.4 Å². The normalized spacial score (nSPS) is 57.2. The summed E-state index contributed by atoms with van der Waals surface area (Å²) in [5, 5.41) is 32.0. The van der Waals surface area contributed by atoms with Crippen LogP contribution in [0.1, 0.15) is 58.8 Å². The smallest absolute Gasteiger partial charge is 0.308 e. The number of ketones is 1. The number of epoxide rings is 1. The monoisotopic (exact) mass is 394 g/mol. The Morgan fingerprint density at radius 3 is 2.64 bits per heavy atom. The summed E-state index contributed by atoms with van der Waals surface area (Å²) in [5.41, 5.74) is -3.23. The lowest BCUT2D eigenvalue weighted by atomic mass is 9.44. The van der Waals surface area contributed by atoms with Gasteiger partial charge >= 0.3 is 5.97 Å². The van der Waals surface area contributed by atoms with E-state index in [-0.39, 0.29) is 29.1 Å². The Kier molecular flexibility index (Phi) is 3.77. The summed E-state index contributed by atoms with van der Waals surface area (Å²) in [6.07, 6.45) is 2.64. The van der Waals surface area contributed by atoms with E-state index in [2.05, 4.69) is 6.92 Å². The second-order valence-corrected chi connectivity index (χ2v) is 10.3. The molecule has 2 saturated heterocycles. The minimum atomic E-state index is -1.59. The van der Waals surface area contributed by atoms with Crippen LogP contribution in [0.5, 0.6) is 0 Å². The first kappa shape index (κ1) is 19.0. The number of esters is 1. The Bertz CT molecular complexity index is 738. The third kappa shape index (κ3) is 1.99. The van der Waals surface area contributed by atoms with Gasteiger partial charge in [-0.3, -0.25) is 9.59 Å². The van der Waals surface area contributed by atoms with Crippen molar-refractivity contribution in [1.82, 2.24) is 0 Å².